The lowest BCUT2D eigenvalue weighted by Crippen LogP contribution is -2.22. The molecule has 7 nitrogen and oxygen atoms in total. The zero-order valence-corrected chi connectivity index (χ0v) is 26.2. The van der Waals surface area contributed by atoms with E-state index in [1.165, 1.54) is 12.1 Å². The predicted octanol–water partition coefficient (Wildman–Crippen LogP) is 8.49. The largest absolute Gasteiger partial charge is 0.410 e. The fourth-order valence-electron chi connectivity index (χ4n) is 4.91. The molecule has 0 bridgehead atoms. The number of nitrogens with one attached hydrogen (secondary N) is 2. The van der Waals surface area contributed by atoms with Gasteiger partial charge in [-0.15, -0.1) is 23.2 Å². The van der Waals surface area contributed by atoms with Gasteiger partial charge in [-0.25, -0.2) is 4.79 Å². The summed E-state index contributed by atoms with van der Waals surface area (Å²) in [5.41, 5.74) is 7.80. The minimum atomic E-state index is -1.35. The molecule has 3 aromatic carbocycles. The van der Waals surface area contributed by atoms with Crippen LogP contribution in [0, 0.1) is 12.8 Å². The first kappa shape index (κ1) is 31.3. The Balaban J connectivity index is 1.55. The minimum absolute atomic E-state index is 0.124. The molecule has 41 heavy (non-hydrogen) atoms. The van der Waals surface area contributed by atoms with Crippen LogP contribution in [-0.2, 0) is 10.2 Å². The topological polar surface area (TPSA) is 111 Å². The maximum atomic E-state index is 13.3. The van der Waals surface area contributed by atoms with Gasteiger partial charge in [0.25, 0.3) is 5.91 Å². The summed E-state index contributed by atoms with van der Waals surface area (Å²) in [6, 6.07) is 12.7. The van der Waals surface area contributed by atoms with Crippen LogP contribution in [0.25, 0.3) is 0 Å². The highest BCUT2D eigenvalue weighted by molar-refractivity contribution is 6.53. The molecule has 1 aliphatic rings. The normalized spacial score (nSPS) is 17.5. The Morgan fingerprint density at radius 3 is 2.17 bits per heavy atom. The van der Waals surface area contributed by atoms with Gasteiger partial charge in [-0.05, 0) is 65.9 Å². The molecular formula is C29H26Cl5N3O4. The van der Waals surface area contributed by atoms with Crippen LogP contribution in [0.4, 0.5) is 16.2 Å². The molecule has 0 saturated heterocycles. The quantitative estimate of drug-likeness (QED) is 0.231. The molecule has 2 atom stereocenters. The van der Waals surface area contributed by atoms with Crippen LogP contribution in [0.1, 0.15) is 53.7 Å². The lowest BCUT2D eigenvalue weighted by atomic mass is 9.82. The van der Waals surface area contributed by atoms with E-state index in [-0.39, 0.29) is 10.6 Å². The monoisotopic (exact) mass is 655 g/mol. The molecule has 0 heterocycles. The van der Waals surface area contributed by atoms with Crippen LogP contribution in [0.5, 0.6) is 5.75 Å². The number of ether oxygens (including phenoxy) is 1. The van der Waals surface area contributed by atoms with Gasteiger partial charge in [-0.1, -0.05) is 61.6 Å². The molecule has 0 radical (unpaired) electrons. The lowest BCUT2D eigenvalue weighted by molar-refractivity contribution is -0.117. The van der Waals surface area contributed by atoms with Crippen molar-refractivity contribution < 1.29 is 19.1 Å². The maximum Gasteiger partial charge on any atom is 0.409 e. The molecule has 12 heteroatoms. The second-order valence-electron chi connectivity index (χ2n) is 10.7. The Labute approximate surface area is 262 Å². The number of carbonyl (C=O) groups is 3. The molecule has 1 fully saturated rings. The van der Waals surface area contributed by atoms with Gasteiger partial charge in [0.15, 0.2) is 0 Å². The van der Waals surface area contributed by atoms with E-state index in [1.54, 1.807) is 43.3 Å². The maximum absolute atomic E-state index is 13.3. The Morgan fingerprint density at radius 2 is 1.56 bits per heavy atom. The summed E-state index contributed by atoms with van der Waals surface area (Å²) in [6.07, 6.45) is -0.938. The van der Waals surface area contributed by atoms with Crippen molar-refractivity contribution in [1.82, 2.24) is 0 Å². The van der Waals surface area contributed by atoms with Crippen molar-refractivity contribution in [2.45, 2.75) is 43.4 Å². The number of benzene rings is 3. The van der Waals surface area contributed by atoms with Gasteiger partial charge in [-0.2, -0.15) is 0 Å². The SMILES string of the molecule is Cc1c(NC(=O)c2cc(NC(=O)[C@H]3[C@H](c4ccc(Cl)c(Cl)c4)C3(Cl)Cl)ccc2Cl)ccc(OC(N)=O)c1C(C)(C)C. The Kier molecular flexibility index (Phi) is 8.80. The second kappa shape index (κ2) is 11.5. The van der Waals surface area contributed by atoms with Gasteiger partial charge in [0.05, 0.1) is 26.5 Å². The van der Waals surface area contributed by atoms with Crippen molar-refractivity contribution in [2.24, 2.45) is 11.7 Å². The molecular weight excluding hydrogens is 632 g/mol. The summed E-state index contributed by atoms with van der Waals surface area (Å²) in [5, 5.41) is 6.50. The number of nitrogens with two attached hydrogens (primary N) is 1. The van der Waals surface area contributed by atoms with E-state index in [0.29, 0.717) is 43.9 Å². The number of amides is 3. The molecule has 4 rings (SSSR count). The highest BCUT2D eigenvalue weighted by Gasteiger charge is 2.67. The van der Waals surface area contributed by atoms with Gasteiger partial charge in [0, 0.05) is 22.9 Å². The van der Waals surface area contributed by atoms with Crippen molar-refractivity contribution in [3.05, 3.63) is 85.9 Å². The van der Waals surface area contributed by atoms with Crippen LogP contribution < -0.4 is 21.1 Å². The Bertz CT molecular complexity index is 1570. The van der Waals surface area contributed by atoms with E-state index in [1.807, 2.05) is 20.8 Å². The van der Waals surface area contributed by atoms with Gasteiger partial charge in [0.1, 0.15) is 10.1 Å². The van der Waals surface area contributed by atoms with Crippen molar-refractivity contribution in [3.8, 4) is 5.75 Å². The lowest BCUT2D eigenvalue weighted by Gasteiger charge is -2.26. The molecule has 0 unspecified atom stereocenters. The number of rotatable bonds is 6. The third kappa shape index (κ3) is 6.55. The number of halogens is 5. The molecule has 0 spiro atoms. The summed E-state index contributed by atoms with van der Waals surface area (Å²) in [6.45, 7) is 7.63. The van der Waals surface area contributed by atoms with E-state index in [4.69, 9.17) is 68.5 Å². The molecule has 216 valence electrons. The number of hydrogen-bond acceptors (Lipinski definition) is 4. The van der Waals surface area contributed by atoms with Crippen LogP contribution in [-0.4, -0.2) is 22.2 Å². The van der Waals surface area contributed by atoms with Crippen molar-refractivity contribution in [1.29, 1.82) is 0 Å². The second-order valence-corrected chi connectivity index (χ2v) is 13.4. The summed E-state index contributed by atoms with van der Waals surface area (Å²) < 4.78 is 3.84. The average Bonchev–Trinajstić information content (AvgIpc) is 3.44. The van der Waals surface area contributed by atoms with Crippen LogP contribution in [0.3, 0.4) is 0 Å². The summed E-state index contributed by atoms with van der Waals surface area (Å²) >= 11 is 31.4. The van der Waals surface area contributed by atoms with Crippen LogP contribution >= 0.6 is 58.0 Å². The van der Waals surface area contributed by atoms with Crippen LogP contribution in [0.15, 0.2) is 48.5 Å². The zero-order valence-electron chi connectivity index (χ0n) is 22.4. The van der Waals surface area contributed by atoms with Gasteiger partial charge >= 0.3 is 6.09 Å². The number of alkyl halides is 2. The van der Waals surface area contributed by atoms with Gasteiger partial charge < -0.3 is 21.1 Å². The van der Waals surface area contributed by atoms with E-state index in [0.717, 1.165) is 0 Å². The van der Waals surface area contributed by atoms with E-state index in [9.17, 15) is 14.4 Å². The highest BCUT2D eigenvalue weighted by Crippen LogP contribution is 2.65. The minimum Gasteiger partial charge on any atom is -0.410 e. The van der Waals surface area contributed by atoms with Crippen molar-refractivity contribution in [3.63, 3.8) is 0 Å². The van der Waals surface area contributed by atoms with Gasteiger partial charge in [-0.3, -0.25) is 9.59 Å². The third-order valence-corrected chi connectivity index (χ3v) is 8.76. The Hall–Kier alpha value is -2.68. The summed E-state index contributed by atoms with van der Waals surface area (Å²) in [7, 11) is 0. The van der Waals surface area contributed by atoms with Gasteiger partial charge in [0.2, 0.25) is 5.91 Å². The standard InChI is InChI=1S/C29H26Cl5N3O4/c1-13-20(9-10-21(41-27(35)40)22(13)28(2,3)4)37-25(38)16-12-15(6-8-17(16)30)36-26(39)24-23(29(24,33)34)14-5-7-18(31)19(32)11-14/h5-12,23-24H,1-4H3,(H2,35,40)(H,36,39)(H,37,38)/t23-,24+/m0/s1. The molecule has 1 saturated carbocycles. The number of anilines is 2. The predicted molar refractivity (Wildman–Crippen MR) is 165 cm³/mol. The number of carbonyl (C=O) groups excluding carboxylic acids is 3. The third-order valence-electron chi connectivity index (χ3n) is 6.75. The summed E-state index contributed by atoms with van der Waals surface area (Å²) in [4.78, 5) is 37.9. The van der Waals surface area contributed by atoms with Crippen LogP contribution in [0.2, 0.25) is 15.1 Å². The molecule has 0 aliphatic heterocycles. The number of primary amides is 1. The fraction of sp³-hybridized carbons (Fsp3) is 0.276. The molecule has 3 amide bonds. The first-order chi connectivity index (χ1) is 19.0. The molecule has 1 aliphatic carbocycles. The first-order valence-corrected chi connectivity index (χ1v) is 14.3. The van der Waals surface area contributed by atoms with Crippen molar-refractivity contribution >= 4 is 87.3 Å². The first-order valence-electron chi connectivity index (χ1n) is 12.4. The average molecular weight is 658 g/mol. The molecule has 0 aromatic heterocycles. The Morgan fingerprint density at radius 1 is 0.902 bits per heavy atom. The van der Waals surface area contributed by atoms with Crippen molar-refractivity contribution in [2.75, 3.05) is 10.6 Å². The smallest absolute Gasteiger partial charge is 0.409 e. The fourth-order valence-corrected chi connectivity index (χ4v) is 6.25. The zero-order chi connectivity index (χ0) is 30.4. The van der Waals surface area contributed by atoms with E-state index < -0.39 is 39.5 Å². The summed E-state index contributed by atoms with van der Waals surface area (Å²) in [5.74, 6) is -1.91. The van der Waals surface area contributed by atoms with E-state index >= 15 is 0 Å². The van der Waals surface area contributed by atoms with E-state index in [2.05, 4.69) is 10.6 Å². The number of hydrogen-bond donors (Lipinski definition) is 3. The molecule has 3 aromatic rings. The highest BCUT2D eigenvalue weighted by atomic mass is 35.5. The molecule has 4 N–H and O–H groups in total.